The van der Waals surface area contributed by atoms with Crippen LogP contribution >= 0.6 is 0 Å². The van der Waals surface area contributed by atoms with E-state index in [0.29, 0.717) is 5.82 Å². The predicted octanol–water partition coefficient (Wildman–Crippen LogP) is 12.5. The number of aromatic nitrogens is 2. The Morgan fingerprint density at radius 3 is 2.52 bits per heavy atom. The fourth-order valence-electron chi connectivity index (χ4n) is 8.31. The largest absolute Gasteiger partial charge is 0.273 e. The van der Waals surface area contributed by atoms with Crippen molar-refractivity contribution in [1.29, 1.82) is 0 Å². The lowest BCUT2D eigenvalue weighted by Crippen LogP contribution is -2.31. The highest BCUT2D eigenvalue weighted by atomic mass is 14.9. The molecule has 3 nitrogen and oxygen atoms in total. The average Bonchev–Trinajstić information content (AvgIpc) is 3.54. The number of hydrogen-bond acceptors (Lipinski definition) is 3. The van der Waals surface area contributed by atoms with Gasteiger partial charge in [-0.2, -0.15) is 0 Å². The van der Waals surface area contributed by atoms with Crippen LogP contribution in [0.5, 0.6) is 0 Å². The van der Waals surface area contributed by atoms with Crippen molar-refractivity contribution in [1.82, 2.24) is 9.97 Å². The van der Waals surface area contributed by atoms with Gasteiger partial charge < -0.3 is 0 Å². The molecule has 4 aromatic carbocycles. The molecular formula is C57H49N3. The molecule has 0 saturated heterocycles. The van der Waals surface area contributed by atoms with E-state index in [9.17, 15) is 0 Å². The summed E-state index contributed by atoms with van der Waals surface area (Å²) in [5.74, 6) is 0.778. The molecule has 3 aliphatic rings. The van der Waals surface area contributed by atoms with Crippen molar-refractivity contribution in [2.75, 3.05) is 0 Å². The molecule has 0 N–H and O–H groups in total. The second-order valence-electron chi connectivity index (χ2n) is 15.3. The van der Waals surface area contributed by atoms with Crippen LogP contribution in [0.15, 0.2) is 212 Å². The normalized spacial score (nSPS) is 20.6. The lowest BCUT2D eigenvalue weighted by molar-refractivity contribution is 0.954. The van der Waals surface area contributed by atoms with Crippen LogP contribution in [0.3, 0.4) is 0 Å². The van der Waals surface area contributed by atoms with Crippen LogP contribution in [0.1, 0.15) is 48.0 Å². The van der Waals surface area contributed by atoms with Gasteiger partial charge in [0.2, 0.25) is 0 Å². The lowest BCUT2D eigenvalue weighted by atomic mass is 9.87. The van der Waals surface area contributed by atoms with Crippen LogP contribution in [0, 0.1) is 11.8 Å². The van der Waals surface area contributed by atoms with Crippen molar-refractivity contribution in [3.63, 3.8) is 0 Å². The van der Waals surface area contributed by atoms with Gasteiger partial charge in [-0.25, -0.2) is 9.97 Å². The Kier molecular flexibility index (Phi) is 12.3. The van der Waals surface area contributed by atoms with Gasteiger partial charge in [0.1, 0.15) is 0 Å². The minimum Gasteiger partial charge on any atom is -0.273 e. The molecule has 1 aromatic heterocycles. The zero-order valence-electron chi connectivity index (χ0n) is 34.2. The van der Waals surface area contributed by atoms with Crippen molar-refractivity contribution < 1.29 is 0 Å². The molecular weight excluding hydrogens is 727 g/mol. The van der Waals surface area contributed by atoms with Gasteiger partial charge in [0.15, 0.2) is 5.82 Å². The highest BCUT2D eigenvalue weighted by Gasteiger charge is 2.18. The van der Waals surface area contributed by atoms with Gasteiger partial charge >= 0.3 is 0 Å². The maximum atomic E-state index is 5.27. The maximum Gasteiger partial charge on any atom is 0.160 e. The number of aryl methyl sites for hydroxylation is 1. The third-order valence-corrected chi connectivity index (χ3v) is 11.3. The second-order valence-corrected chi connectivity index (χ2v) is 15.3. The van der Waals surface area contributed by atoms with Crippen LogP contribution < -0.4 is 10.4 Å². The molecule has 1 heterocycles. The van der Waals surface area contributed by atoms with Crippen LogP contribution in [-0.2, 0) is 6.42 Å². The zero-order valence-corrected chi connectivity index (χ0v) is 34.2. The molecule has 0 spiro atoms. The highest BCUT2D eigenvalue weighted by molar-refractivity contribution is 5.94. The minimum atomic E-state index is 0.0587. The van der Waals surface area contributed by atoms with E-state index in [4.69, 9.17) is 16.5 Å². The average molecular weight is 776 g/mol. The molecule has 3 heteroatoms. The Balaban J connectivity index is 1.28. The number of aliphatic imine (C=N–C) groups is 1. The molecule has 8 rings (SSSR count). The Bertz CT molecular complexity index is 2910. The van der Waals surface area contributed by atoms with E-state index < -0.39 is 0 Å². The third kappa shape index (κ3) is 8.77. The van der Waals surface area contributed by atoms with E-state index in [2.05, 4.69) is 195 Å². The highest BCUT2D eigenvalue weighted by Crippen LogP contribution is 2.32. The summed E-state index contributed by atoms with van der Waals surface area (Å²) in [6.07, 6.45) is 38.5. The summed E-state index contributed by atoms with van der Waals surface area (Å²) in [6.45, 7) is 14.9. The molecule has 5 aromatic rings. The predicted molar refractivity (Wildman–Crippen MR) is 257 cm³/mol. The number of benzene rings is 4. The van der Waals surface area contributed by atoms with E-state index in [1.165, 1.54) is 38.3 Å². The Hall–Kier alpha value is -7.23. The maximum absolute atomic E-state index is 5.27. The fraction of sp³-hybridized carbons (Fsp3) is 0.105. The van der Waals surface area contributed by atoms with E-state index in [0.717, 1.165) is 63.7 Å². The molecule has 292 valence electrons. The standard InChI is InChI=1S/C57H49N3/c1-5-43(37-41(3)56-40(2)19-7-6-8-28-51(52-29-13-14-30-53(52)56)50-31-18-25-45-23-11-12-27-49(45)50)57-59-54(46-26-17-21-42(32-33-46)20-15-16-36-58-4)39-55(60-57)48-35-34-44-22-9-10-24-47(44)38-48/h5-9,11-23,25-27,29-40,42H,1,3-4,10,24,28H2,2H3/b8-6-,19-7-,20-15+,36-16-,43-37+,52-51+,56-53+. The first-order valence-electron chi connectivity index (χ1n) is 20.7. The molecule has 60 heavy (non-hydrogen) atoms. The van der Waals surface area contributed by atoms with Crippen molar-refractivity contribution in [3.05, 3.63) is 246 Å². The van der Waals surface area contributed by atoms with Gasteiger partial charge in [-0.1, -0.05) is 184 Å². The summed E-state index contributed by atoms with van der Waals surface area (Å²) in [7, 11) is 0. The van der Waals surface area contributed by atoms with Gasteiger partial charge in [0.05, 0.1) is 11.4 Å². The van der Waals surface area contributed by atoms with Crippen molar-refractivity contribution in [2.45, 2.75) is 26.2 Å². The third-order valence-electron chi connectivity index (χ3n) is 11.3. The number of hydrogen-bond donors (Lipinski definition) is 0. The van der Waals surface area contributed by atoms with Crippen molar-refractivity contribution >= 4 is 45.9 Å². The quantitative estimate of drug-likeness (QED) is 0.105. The van der Waals surface area contributed by atoms with Crippen LogP contribution in [0.4, 0.5) is 0 Å². The molecule has 0 saturated carbocycles. The van der Waals surface area contributed by atoms with Crippen molar-refractivity contribution in [2.24, 2.45) is 16.8 Å². The number of rotatable bonds is 10. The molecule has 2 unspecified atom stereocenters. The van der Waals surface area contributed by atoms with Crippen LogP contribution in [0.2, 0.25) is 0 Å². The number of fused-ring (bicyclic) bond motifs is 3. The molecule has 0 radical (unpaired) electrons. The topological polar surface area (TPSA) is 38.1 Å². The molecule has 3 aliphatic carbocycles. The van der Waals surface area contributed by atoms with Gasteiger partial charge in [-0.15, -0.1) is 0 Å². The van der Waals surface area contributed by atoms with E-state index in [1.54, 1.807) is 6.20 Å². The van der Waals surface area contributed by atoms with Crippen LogP contribution in [0.25, 0.3) is 50.4 Å². The van der Waals surface area contributed by atoms with E-state index >= 15 is 0 Å². The summed E-state index contributed by atoms with van der Waals surface area (Å²) in [4.78, 5) is 14.3. The van der Waals surface area contributed by atoms with E-state index in [-0.39, 0.29) is 11.8 Å². The molecule has 2 atom stereocenters. The first-order chi connectivity index (χ1) is 29.5. The molecule has 0 amide bonds. The fourth-order valence-corrected chi connectivity index (χ4v) is 8.31. The molecule has 0 fully saturated rings. The summed E-state index contributed by atoms with van der Waals surface area (Å²) >= 11 is 0. The number of nitrogens with zero attached hydrogens (tertiary/aromatic N) is 3. The Morgan fingerprint density at radius 1 is 0.800 bits per heavy atom. The lowest BCUT2D eigenvalue weighted by Gasteiger charge is -2.18. The number of allylic oxidation sites excluding steroid dienone is 18. The summed E-state index contributed by atoms with van der Waals surface area (Å²) in [5, 5.41) is 4.84. The monoisotopic (exact) mass is 775 g/mol. The SMILES string of the molecule is C=C/C(=C\C(=C)/C1=c2\cccc\c2=C(/c2cccc3ccccc23)C/C=C\C=C/C1C)c1nc(C2=CC=CC(/C=C/C=C\N=C)C=C2)cc(-c2ccc3c(c2)CCC=C3)n1. The summed E-state index contributed by atoms with van der Waals surface area (Å²) in [6, 6.07) is 32.8. The first-order valence-corrected chi connectivity index (χ1v) is 20.7. The smallest absolute Gasteiger partial charge is 0.160 e. The van der Waals surface area contributed by atoms with Gasteiger partial charge in [0.25, 0.3) is 0 Å². The minimum absolute atomic E-state index is 0.0587. The van der Waals surface area contributed by atoms with Gasteiger partial charge in [0, 0.05) is 29.2 Å². The summed E-state index contributed by atoms with van der Waals surface area (Å²) < 4.78 is 0. The molecule has 0 aliphatic heterocycles. The zero-order chi connectivity index (χ0) is 41.3. The van der Waals surface area contributed by atoms with E-state index in [1.807, 2.05) is 18.2 Å². The van der Waals surface area contributed by atoms with Crippen molar-refractivity contribution in [3.8, 4) is 11.3 Å². The Morgan fingerprint density at radius 2 is 1.63 bits per heavy atom. The van der Waals surface area contributed by atoms with Gasteiger partial charge in [-0.3, -0.25) is 4.99 Å². The van der Waals surface area contributed by atoms with Gasteiger partial charge in [-0.05, 0) is 110 Å². The molecule has 0 bridgehead atoms. The second kappa shape index (κ2) is 18.6. The summed E-state index contributed by atoms with van der Waals surface area (Å²) in [5.41, 5.74) is 11.7. The Labute approximate surface area is 354 Å². The van der Waals surface area contributed by atoms with Crippen LogP contribution in [-0.4, -0.2) is 16.7 Å². The first kappa shape index (κ1) is 39.6.